The standard InChI is InChI=1S/C67H86O13/c1-9-53-42(3)44(5)58(69-37-49-28-18-12-19-29-49)65(73-53)78-59-45(6)43(4)54(10-2)74-66(59)80-61-60-56(41-72-64(79-60)52-34-24-15-25-35-52)76-67(62(61)70-38-50-30-20-13-21-31-50)77-57-46(7)47(8)63(71-39-51-32-22-14-23-33-51)75-55(57)40-68-36-48-26-16-11-17-27-48/h11-35,42-47,53-67H,9-10,36-41H2,1-8H3/t42-,43-,44?,45?,46-,47?,53?,54?,55?,56?,57-,58?,59?,60+,61-,62?,63+,64?,65+,66+,67-/m0/s1. The second kappa shape index (κ2) is 28.2. The van der Waals surface area contributed by atoms with Crippen LogP contribution in [-0.4, -0.2) is 99.4 Å². The average Bonchev–Trinajstić information content (AvgIpc) is 3.51. The first-order valence-electron chi connectivity index (χ1n) is 29.5. The summed E-state index contributed by atoms with van der Waals surface area (Å²) >= 11 is 0. The van der Waals surface area contributed by atoms with Gasteiger partial charge in [-0.2, -0.15) is 0 Å². The quantitative estimate of drug-likeness (QED) is 0.0655. The first kappa shape index (κ1) is 58.8. The monoisotopic (exact) mass is 1100 g/mol. The molecule has 0 aromatic heterocycles. The summed E-state index contributed by atoms with van der Waals surface area (Å²) in [6.45, 7) is 19.6. The Morgan fingerprint density at radius 1 is 0.375 bits per heavy atom. The van der Waals surface area contributed by atoms with Crippen LogP contribution in [0.5, 0.6) is 0 Å². The summed E-state index contributed by atoms with van der Waals surface area (Å²) in [6, 6.07) is 50.7. The van der Waals surface area contributed by atoms with Gasteiger partial charge in [-0.25, -0.2) is 0 Å². The van der Waals surface area contributed by atoms with Gasteiger partial charge in [0, 0.05) is 11.5 Å². The van der Waals surface area contributed by atoms with Gasteiger partial charge >= 0.3 is 0 Å². The fraction of sp³-hybridized carbons (Fsp3) is 0.552. The van der Waals surface area contributed by atoms with Crippen LogP contribution in [-0.2, 0) is 88.0 Å². The Morgan fingerprint density at radius 3 is 1.35 bits per heavy atom. The molecular weight excluding hydrogens is 1010 g/mol. The largest absolute Gasteiger partial charge is 0.374 e. The lowest BCUT2D eigenvalue weighted by molar-refractivity contribution is -0.412. The molecule has 432 valence electrons. The van der Waals surface area contributed by atoms with E-state index in [1.54, 1.807) is 0 Å². The third-order valence-corrected chi connectivity index (χ3v) is 17.7. The molecule has 0 N–H and O–H groups in total. The molecule has 5 saturated heterocycles. The fourth-order valence-corrected chi connectivity index (χ4v) is 12.3. The summed E-state index contributed by atoms with van der Waals surface area (Å²) in [6.07, 6.45) is -7.51. The summed E-state index contributed by atoms with van der Waals surface area (Å²) < 4.78 is 91.7. The van der Waals surface area contributed by atoms with Crippen LogP contribution in [0.4, 0.5) is 0 Å². The van der Waals surface area contributed by atoms with Crippen LogP contribution >= 0.6 is 0 Å². The van der Waals surface area contributed by atoms with Crippen molar-refractivity contribution in [3.05, 3.63) is 179 Å². The molecule has 10 rings (SSSR count). The number of benzene rings is 5. The third-order valence-electron chi connectivity index (χ3n) is 17.7. The summed E-state index contributed by atoms with van der Waals surface area (Å²) in [4.78, 5) is 0. The van der Waals surface area contributed by atoms with Crippen molar-refractivity contribution in [1.82, 2.24) is 0 Å². The minimum absolute atomic E-state index is 0.0266. The van der Waals surface area contributed by atoms with E-state index in [1.165, 1.54) is 0 Å². The summed E-state index contributed by atoms with van der Waals surface area (Å²) in [7, 11) is 0. The van der Waals surface area contributed by atoms with Gasteiger partial charge in [0.25, 0.3) is 0 Å². The van der Waals surface area contributed by atoms with E-state index in [2.05, 4.69) is 104 Å². The van der Waals surface area contributed by atoms with Crippen LogP contribution in [0.25, 0.3) is 0 Å². The lowest BCUT2D eigenvalue weighted by atomic mass is 9.81. The Bertz CT molecular complexity index is 2570. The molecule has 0 saturated carbocycles. The SMILES string of the molecule is CCC1O[C@H](O[C@@H]2C(OCc3ccccc3)[C@H](O[C@@H]3C(COCc4ccccc4)O[C@@H](OCc4ccccc4)C(C)[C@@H]3C)OC3COC(c4ccccc4)O[C@H]32)C(O[C@H]2OC(CC)[C@@H](C)C(C)C2OCc2ccccc2)C(C)[C@@H]1C. The van der Waals surface area contributed by atoms with E-state index in [4.69, 9.17) is 61.6 Å². The van der Waals surface area contributed by atoms with E-state index in [-0.39, 0.29) is 73.6 Å². The van der Waals surface area contributed by atoms with Crippen LogP contribution in [0.15, 0.2) is 152 Å². The molecule has 5 aromatic carbocycles. The first-order chi connectivity index (χ1) is 39.1. The van der Waals surface area contributed by atoms with Gasteiger partial charge in [-0.15, -0.1) is 0 Å². The molecule has 0 aliphatic carbocycles. The number of ether oxygens (including phenoxy) is 13. The molecular formula is C67H86O13. The maximum atomic E-state index is 7.67. The van der Waals surface area contributed by atoms with Crippen molar-refractivity contribution in [2.45, 2.75) is 187 Å². The summed E-state index contributed by atoms with van der Waals surface area (Å²) in [5.41, 5.74) is 5.06. The highest BCUT2D eigenvalue weighted by Gasteiger charge is 2.57. The third kappa shape index (κ3) is 14.1. The summed E-state index contributed by atoms with van der Waals surface area (Å²) in [5, 5.41) is 0. The van der Waals surface area contributed by atoms with Crippen LogP contribution in [0.3, 0.4) is 0 Å². The molecule has 13 nitrogen and oxygen atoms in total. The zero-order valence-electron chi connectivity index (χ0n) is 48.0. The molecule has 0 bridgehead atoms. The summed E-state index contributed by atoms with van der Waals surface area (Å²) in [5.74, 6) is 0.283. The van der Waals surface area contributed by atoms with Crippen molar-refractivity contribution < 1.29 is 61.6 Å². The highest BCUT2D eigenvalue weighted by atomic mass is 16.8. The Labute approximate surface area is 475 Å². The topological polar surface area (TPSA) is 120 Å². The number of hydrogen-bond donors (Lipinski definition) is 0. The molecule has 5 fully saturated rings. The molecule has 11 unspecified atom stereocenters. The minimum Gasteiger partial charge on any atom is -0.374 e. The Balaban J connectivity index is 0.996. The molecule has 0 spiro atoms. The van der Waals surface area contributed by atoms with Gasteiger partial charge in [0.05, 0.1) is 58.0 Å². The average molecular weight is 1100 g/mol. The van der Waals surface area contributed by atoms with Crippen molar-refractivity contribution in [1.29, 1.82) is 0 Å². The zero-order valence-corrected chi connectivity index (χ0v) is 48.0. The van der Waals surface area contributed by atoms with Crippen molar-refractivity contribution in [3.8, 4) is 0 Å². The van der Waals surface area contributed by atoms with Crippen LogP contribution in [0.1, 0.15) is 102 Å². The van der Waals surface area contributed by atoms with Crippen molar-refractivity contribution >= 4 is 0 Å². The lowest BCUT2D eigenvalue weighted by Gasteiger charge is -2.53. The highest BCUT2D eigenvalue weighted by molar-refractivity contribution is 5.18. The van der Waals surface area contributed by atoms with Gasteiger partial charge in [0.15, 0.2) is 31.5 Å². The maximum absolute atomic E-state index is 7.67. The Morgan fingerprint density at radius 2 is 0.800 bits per heavy atom. The number of hydrogen-bond acceptors (Lipinski definition) is 13. The minimum atomic E-state index is -1.00. The van der Waals surface area contributed by atoms with E-state index in [0.717, 1.165) is 40.7 Å². The molecule has 13 heteroatoms. The normalized spacial score (nSPS) is 36.5. The molecule has 5 aromatic rings. The van der Waals surface area contributed by atoms with E-state index >= 15 is 0 Å². The molecule has 0 amide bonds. The highest BCUT2D eigenvalue weighted by Crippen LogP contribution is 2.45. The van der Waals surface area contributed by atoms with E-state index in [9.17, 15) is 0 Å². The van der Waals surface area contributed by atoms with E-state index in [0.29, 0.717) is 19.8 Å². The van der Waals surface area contributed by atoms with Crippen LogP contribution in [0, 0.1) is 35.5 Å². The molecule has 5 aliphatic rings. The number of rotatable bonds is 22. The smallest absolute Gasteiger partial charge is 0.187 e. The number of fused-ring (bicyclic) bond motifs is 1. The van der Waals surface area contributed by atoms with Gasteiger partial charge in [-0.1, -0.05) is 207 Å². The van der Waals surface area contributed by atoms with Gasteiger partial charge in [-0.05, 0) is 64.7 Å². The van der Waals surface area contributed by atoms with Crippen molar-refractivity contribution in [2.24, 2.45) is 35.5 Å². The predicted molar refractivity (Wildman–Crippen MR) is 302 cm³/mol. The van der Waals surface area contributed by atoms with Gasteiger partial charge < -0.3 is 61.6 Å². The van der Waals surface area contributed by atoms with Gasteiger partial charge in [0.2, 0.25) is 0 Å². The first-order valence-corrected chi connectivity index (χ1v) is 29.5. The van der Waals surface area contributed by atoms with Crippen molar-refractivity contribution in [3.63, 3.8) is 0 Å². The Kier molecular flexibility index (Phi) is 20.7. The van der Waals surface area contributed by atoms with Crippen LogP contribution < -0.4 is 0 Å². The second-order valence-electron chi connectivity index (χ2n) is 22.9. The van der Waals surface area contributed by atoms with Crippen LogP contribution in [0.2, 0.25) is 0 Å². The van der Waals surface area contributed by atoms with E-state index < -0.39 is 74.2 Å². The Hall–Kier alpha value is -4.42. The van der Waals surface area contributed by atoms with Gasteiger partial charge in [0.1, 0.15) is 42.7 Å². The van der Waals surface area contributed by atoms with Crippen molar-refractivity contribution in [2.75, 3.05) is 13.2 Å². The molecule has 0 radical (unpaired) electrons. The fourth-order valence-electron chi connectivity index (χ4n) is 12.3. The second-order valence-corrected chi connectivity index (χ2v) is 22.9. The zero-order chi connectivity index (χ0) is 55.5. The molecule has 5 aliphatic heterocycles. The molecule has 5 heterocycles. The molecule has 80 heavy (non-hydrogen) atoms. The van der Waals surface area contributed by atoms with E-state index in [1.807, 2.05) is 103 Å². The maximum Gasteiger partial charge on any atom is 0.187 e. The predicted octanol–water partition coefficient (Wildman–Crippen LogP) is 12.4. The molecule has 21 atom stereocenters. The van der Waals surface area contributed by atoms with Gasteiger partial charge in [-0.3, -0.25) is 0 Å². The lowest BCUT2D eigenvalue weighted by Crippen LogP contribution is -2.67.